The summed E-state index contributed by atoms with van der Waals surface area (Å²) >= 11 is 13.9. The van der Waals surface area contributed by atoms with Crippen molar-refractivity contribution in [3.05, 3.63) is 109 Å². The number of phenolic OH excluding ortho intramolecular Hbond substituents is 1. The van der Waals surface area contributed by atoms with Crippen molar-refractivity contribution >= 4 is 51.0 Å². The molecule has 0 saturated carbocycles. The molecule has 4 aromatic carbocycles. The number of benzene rings is 4. The zero-order chi connectivity index (χ0) is 31.6. The van der Waals surface area contributed by atoms with Gasteiger partial charge in [0.1, 0.15) is 34.5 Å². The van der Waals surface area contributed by atoms with Crippen molar-refractivity contribution in [2.24, 2.45) is 0 Å². The van der Waals surface area contributed by atoms with Gasteiger partial charge in [0, 0.05) is 38.8 Å². The first-order valence-corrected chi connectivity index (χ1v) is 13.7. The lowest BCUT2D eigenvalue weighted by Crippen LogP contribution is -2.25. The van der Waals surface area contributed by atoms with E-state index >= 15 is 0 Å². The molecule has 0 aliphatic carbocycles. The normalized spacial score (nSPS) is 11.4. The molecule has 1 heterocycles. The van der Waals surface area contributed by atoms with Gasteiger partial charge in [0.2, 0.25) is 0 Å². The van der Waals surface area contributed by atoms with Gasteiger partial charge < -0.3 is 29.1 Å². The molecule has 4 aromatic rings. The quantitative estimate of drug-likeness (QED) is 0.216. The smallest absolute Gasteiger partial charge is 0.409 e. The third-order valence-electron chi connectivity index (χ3n) is 5.24. The number of hydrogen-bond acceptors (Lipinski definition) is 7. The van der Waals surface area contributed by atoms with Crippen LogP contribution in [0.15, 0.2) is 109 Å². The second-order valence-corrected chi connectivity index (χ2v) is 9.68. The molecule has 0 spiro atoms. The summed E-state index contributed by atoms with van der Waals surface area (Å²) in [5, 5.41) is 9.07. The summed E-state index contributed by atoms with van der Waals surface area (Å²) in [4.78, 5) is 33.6. The predicted molar refractivity (Wildman–Crippen MR) is 167 cm³/mol. The number of carbonyl (C=O) groups excluding carboxylic acids is 3. The number of nitrogens with zero attached hydrogens (tertiary/aromatic N) is 2. The van der Waals surface area contributed by atoms with Gasteiger partial charge in [-0.3, -0.25) is 4.79 Å². The molecular weight excluding hydrogens is 619 g/mol. The van der Waals surface area contributed by atoms with Gasteiger partial charge in [0.15, 0.2) is 0 Å². The van der Waals surface area contributed by atoms with Gasteiger partial charge in [-0.05, 0) is 96.0 Å². The molecule has 1 N–H and O–H groups in total. The van der Waals surface area contributed by atoms with Crippen LogP contribution < -0.4 is 14.2 Å². The fraction of sp³-hybridized carbons (Fsp3) is 0.129. The highest BCUT2D eigenvalue weighted by Gasteiger charge is 2.20. The molecule has 12 heteroatoms. The number of likely N-dealkylation sites (N-methyl/N-ethyl adjacent to an activating group) is 2. The Morgan fingerprint density at radius 1 is 0.605 bits per heavy atom. The second kappa shape index (κ2) is 18.9. The minimum Gasteiger partial charge on any atom is -0.508 e. The fourth-order valence-electron chi connectivity index (χ4n) is 3.21. The molecule has 226 valence electrons. The van der Waals surface area contributed by atoms with E-state index in [4.69, 9.17) is 35.7 Å². The predicted octanol–water partition coefficient (Wildman–Crippen LogP) is 8.97. The molecule has 43 heavy (non-hydrogen) atoms. The van der Waals surface area contributed by atoms with E-state index in [-0.39, 0.29) is 11.8 Å². The molecule has 0 bridgehead atoms. The van der Waals surface area contributed by atoms with Crippen LogP contribution in [0.5, 0.6) is 34.5 Å². The Kier molecular flexibility index (Phi) is 15.3. The number of hydrogen-bond donors (Lipinski definition) is 1. The Labute approximate surface area is 264 Å². The van der Waals surface area contributed by atoms with Gasteiger partial charge in [-0.1, -0.05) is 36.4 Å². The van der Waals surface area contributed by atoms with Crippen LogP contribution in [0.25, 0.3) is 0 Å². The molecule has 0 radical (unpaired) electrons. The number of phenols is 1. The van der Waals surface area contributed by atoms with E-state index in [1.807, 2.05) is 74.8 Å². The summed E-state index contributed by atoms with van der Waals surface area (Å²) in [6.45, 7) is 1.74. The monoisotopic (exact) mass is 646 g/mol. The van der Waals surface area contributed by atoms with E-state index in [0.717, 1.165) is 24.6 Å². The Morgan fingerprint density at radius 3 is 1.26 bits per heavy atom. The van der Waals surface area contributed by atoms with E-state index in [1.165, 1.54) is 0 Å². The maximum absolute atomic E-state index is 10.8. The summed E-state index contributed by atoms with van der Waals surface area (Å²) in [6, 6.07) is 32.3. The maximum Gasteiger partial charge on any atom is 0.409 e. The van der Waals surface area contributed by atoms with Crippen molar-refractivity contribution < 1.29 is 33.7 Å². The molecule has 1 aliphatic rings. The van der Waals surface area contributed by atoms with Gasteiger partial charge >= 0.3 is 16.2 Å². The molecule has 1 aliphatic heterocycles. The number of carbonyl (C=O) groups is 3. The summed E-state index contributed by atoms with van der Waals surface area (Å²) in [5.74, 6) is 3.53. The van der Waals surface area contributed by atoms with Crippen molar-refractivity contribution in [2.45, 2.75) is 0 Å². The van der Waals surface area contributed by atoms with Crippen LogP contribution in [-0.2, 0) is 0 Å². The standard InChI is InChI=1S/C13H9ClO3.C12H10O2.C5H10N2O.CCl2O/c14-13(15)17-12-8-6-11(7-9-12)16-10-4-2-1-3-5-10;13-10-6-8-12(9-7-10)14-11-4-2-1-3-5-11;1-6-3-4-7(2)5(6)8;2-1(3)4/h1-9H;1-9,13H;3-4H2,1-2H3;. The Bertz CT molecular complexity index is 1390. The number of urea groups is 1. The van der Waals surface area contributed by atoms with Crippen LogP contribution >= 0.6 is 34.8 Å². The van der Waals surface area contributed by atoms with Crippen LogP contribution in [0.3, 0.4) is 0 Å². The summed E-state index contributed by atoms with van der Waals surface area (Å²) < 4.78 is 14.9. The van der Waals surface area contributed by atoms with Gasteiger partial charge in [-0.2, -0.15) is 0 Å². The first kappa shape index (κ1) is 34.8. The minimum atomic E-state index is -0.889. The van der Waals surface area contributed by atoms with E-state index in [2.05, 4.69) is 23.2 Å². The topological polar surface area (TPSA) is 106 Å². The molecule has 9 nitrogen and oxygen atoms in total. The van der Waals surface area contributed by atoms with Crippen LogP contribution in [0.2, 0.25) is 0 Å². The van der Waals surface area contributed by atoms with E-state index in [9.17, 15) is 9.59 Å². The zero-order valence-corrected chi connectivity index (χ0v) is 25.5. The Hall–Kier alpha value is -4.44. The van der Waals surface area contributed by atoms with Crippen molar-refractivity contribution in [2.75, 3.05) is 27.2 Å². The highest BCUT2D eigenvalue weighted by molar-refractivity contribution is 6.93. The van der Waals surface area contributed by atoms with Gasteiger partial charge in [-0.15, -0.1) is 0 Å². The second-order valence-electron chi connectivity index (χ2n) is 8.49. The summed E-state index contributed by atoms with van der Waals surface area (Å²) in [6.07, 6.45) is 0. The summed E-state index contributed by atoms with van der Waals surface area (Å²) in [7, 11) is 3.62. The number of aromatic hydroxyl groups is 1. The third-order valence-corrected chi connectivity index (χ3v) is 5.32. The average molecular weight is 648 g/mol. The lowest BCUT2D eigenvalue weighted by Gasteiger charge is -2.07. The number of amides is 2. The Balaban J connectivity index is 0.000000222. The van der Waals surface area contributed by atoms with Crippen LogP contribution in [0.1, 0.15) is 0 Å². The van der Waals surface area contributed by atoms with Crippen molar-refractivity contribution in [3.8, 4) is 34.5 Å². The van der Waals surface area contributed by atoms with Crippen molar-refractivity contribution in [1.29, 1.82) is 0 Å². The SMILES string of the molecule is CN1CCN(C)C1=O.O=C(Cl)Cl.O=C(Cl)Oc1ccc(Oc2ccccc2)cc1.Oc1ccc(Oc2ccccc2)cc1. The van der Waals surface area contributed by atoms with Crippen molar-refractivity contribution in [1.82, 2.24) is 9.80 Å². The molecule has 0 unspecified atom stereocenters. The number of para-hydroxylation sites is 2. The summed E-state index contributed by atoms with van der Waals surface area (Å²) in [5.41, 5.74) is -0.860. The largest absolute Gasteiger partial charge is 0.508 e. The first-order valence-electron chi connectivity index (χ1n) is 12.6. The van der Waals surface area contributed by atoms with E-state index in [0.29, 0.717) is 17.2 Å². The highest BCUT2D eigenvalue weighted by atomic mass is 35.5. The van der Waals surface area contributed by atoms with E-state index < -0.39 is 10.1 Å². The minimum absolute atomic E-state index is 0.130. The lowest BCUT2D eigenvalue weighted by molar-refractivity contribution is 0.205. The molecule has 0 aromatic heterocycles. The van der Waals surface area contributed by atoms with Gasteiger partial charge in [0.25, 0.3) is 0 Å². The maximum atomic E-state index is 10.8. The van der Waals surface area contributed by atoms with Crippen LogP contribution in [0.4, 0.5) is 14.4 Å². The van der Waals surface area contributed by atoms with Crippen LogP contribution in [-0.4, -0.2) is 58.3 Å². The first-order chi connectivity index (χ1) is 20.5. The van der Waals surface area contributed by atoms with E-state index in [1.54, 1.807) is 58.3 Å². The molecule has 1 saturated heterocycles. The molecule has 2 amide bonds. The third kappa shape index (κ3) is 14.8. The van der Waals surface area contributed by atoms with Crippen LogP contribution in [0, 0.1) is 0 Å². The molecule has 5 rings (SSSR count). The van der Waals surface area contributed by atoms with Gasteiger partial charge in [-0.25, -0.2) is 9.59 Å². The van der Waals surface area contributed by atoms with Crippen molar-refractivity contribution in [3.63, 3.8) is 0 Å². The lowest BCUT2D eigenvalue weighted by atomic mass is 10.3. The molecule has 1 fully saturated rings. The highest BCUT2D eigenvalue weighted by Crippen LogP contribution is 2.24. The number of ether oxygens (including phenoxy) is 3. The molecular formula is C31H29Cl3N2O7. The fourth-order valence-corrected chi connectivity index (χ4v) is 3.30. The zero-order valence-electron chi connectivity index (χ0n) is 23.2. The van der Waals surface area contributed by atoms with Gasteiger partial charge in [0.05, 0.1) is 0 Å². The average Bonchev–Trinajstić information content (AvgIpc) is 3.27. The Morgan fingerprint density at radius 2 is 0.930 bits per heavy atom. The number of rotatable bonds is 5. The molecule has 0 atom stereocenters. The number of halogens is 3.